The van der Waals surface area contributed by atoms with Crippen molar-refractivity contribution in [3.05, 3.63) is 34.3 Å². The topological polar surface area (TPSA) is 66.8 Å². The molecule has 1 aliphatic heterocycles. The number of carboxylic acids is 1. The van der Waals surface area contributed by atoms with E-state index in [0.717, 1.165) is 4.47 Å². The van der Waals surface area contributed by atoms with Crippen molar-refractivity contribution >= 4 is 27.8 Å². The molecule has 1 saturated heterocycles. The van der Waals surface area contributed by atoms with Crippen LogP contribution < -0.4 is 0 Å². The van der Waals surface area contributed by atoms with Gasteiger partial charge < -0.3 is 14.7 Å². The summed E-state index contributed by atoms with van der Waals surface area (Å²) in [6.45, 7) is 2.29. The molecule has 1 aliphatic rings. The molecule has 1 aromatic carbocycles. The second-order valence-electron chi connectivity index (χ2n) is 4.80. The minimum Gasteiger partial charge on any atom is -0.480 e. The van der Waals surface area contributed by atoms with Crippen LogP contribution in [0.5, 0.6) is 0 Å². The molecule has 5 nitrogen and oxygen atoms in total. The van der Waals surface area contributed by atoms with E-state index in [2.05, 4.69) is 15.9 Å². The highest BCUT2D eigenvalue weighted by molar-refractivity contribution is 9.10. The van der Waals surface area contributed by atoms with Crippen molar-refractivity contribution in [3.63, 3.8) is 0 Å². The van der Waals surface area contributed by atoms with E-state index in [1.54, 1.807) is 30.0 Å². The van der Waals surface area contributed by atoms with Gasteiger partial charge in [-0.2, -0.15) is 0 Å². The van der Waals surface area contributed by atoms with Gasteiger partial charge in [-0.1, -0.05) is 22.0 Å². The molecule has 19 heavy (non-hydrogen) atoms. The maximum Gasteiger partial charge on any atom is 0.329 e. The van der Waals surface area contributed by atoms with Crippen molar-refractivity contribution in [1.82, 2.24) is 4.90 Å². The van der Waals surface area contributed by atoms with Crippen LogP contribution in [-0.4, -0.2) is 47.2 Å². The Morgan fingerprint density at radius 2 is 2.16 bits per heavy atom. The van der Waals surface area contributed by atoms with Crippen molar-refractivity contribution < 1.29 is 19.4 Å². The average molecular weight is 328 g/mol. The Morgan fingerprint density at radius 3 is 2.74 bits per heavy atom. The number of hydrogen-bond donors (Lipinski definition) is 1. The highest BCUT2D eigenvalue weighted by Crippen LogP contribution is 2.26. The average Bonchev–Trinajstić information content (AvgIpc) is 2.32. The molecule has 2 rings (SSSR count). The second kappa shape index (κ2) is 5.30. The van der Waals surface area contributed by atoms with E-state index in [-0.39, 0.29) is 12.5 Å². The Kier molecular flexibility index (Phi) is 3.91. The standard InChI is InChI=1S/C13H14BrNO4/c1-13(19-6-11(16)17)7-15(8-13)12(18)9-3-2-4-10(14)5-9/h2-5H,6-8H2,1H3,(H,16,17). The van der Waals surface area contributed by atoms with Crippen LogP contribution >= 0.6 is 15.9 Å². The summed E-state index contributed by atoms with van der Waals surface area (Å²) in [4.78, 5) is 24.2. The van der Waals surface area contributed by atoms with Crippen molar-refractivity contribution in [2.45, 2.75) is 12.5 Å². The first kappa shape index (κ1) is 14.0. The molecule has 0 radical (unpaired) electrons. The number of carbonyl (C=O) groups excluding carboxylic acids is 1. The predicted octanol–water partition coefficient (Wildman–Crippen LogP) is 1.76. The van der Waals surface area contributed by atoms with Gasteiger partial charge in [0, 0.05) is 10.0 Å². The van der Waals surface area contributed by atoms with Gasteiger partial charge in [0.25, 0.3) is 5.91 Å². The number of carboxylic acid groups (broad SMARTS) is 1. The normalized spacial score (nSPS) is 16.8. The maximum absolute atomic E-state index is 12.1. The highest BCUT2D eigenvalue weighted by atomic mass is 79.9. The monoisotopic (exact) mass is 327 g/mol. The van der Waals surface area contributed by atoms with E-state index in [1.807, 2.05) is 6.07 Å². The van der Waals surface area contributed by atoms with Gasteiger partial charge in [-0.05, 0) is 25.1 Å². The molecular weight excluding hydrogens is 314 g/mol. The number of benzene rings is 1. The Morgan fingerprint density at radius 1 is 1.47 bits per heavy atom. The summed E-state index contributed by atoms with van der Waals surface area (Å²) >= 11 is 3.32. The van der Waals surface area contributed by atoms with Crippen molar-refractivity contribution in [3.8, 4) is 0 Å². The van der Waals surface area contributed by atoms with Gasteiger partial charge in [0.15, 0.2) is 0 Å². The van der Waals surface area contributed by atoms with Gasteiger partial charge in [0.2, 0.25) is 0 Å². The Balaban J connectivity index is 1.93. The van der Waals surface area contributed by atoms with Gasteiger partial charge in [0.1, 0.15) is 12.2 Å². The van der Waals surface area contributed by atoms with E-state index in [9.17, 15) is 9.59 Å². The third kappa shape index (κ3) is 3.33. The smallest absolute Gasteiger partial charge is 0.329 e. The van der Waals surface area contributed by atoms with Gasteiger partial charge in [-0.15, -0.1) is 0 Å². The zero-order chi connectivity index (χ0) is 14.0. The molecule has 1 amide bonds. The third-order valence-corrected chi connectivity index (χ3v) is 3.45. The fraction of sp³-hybridized carbons (Fsp3) is 0.385. The molecule has 0 unspecified atom stereocenters. The molecule has 0 saturated carbocycles. The summed E-state index contributed by atoms with van der Waals surface area (Å²) in [5, 5.41) is 8.57. The lowest BCUT2D eigenvalue weighted by atomic mass is 9.95. The van der Waals surface area contributed by atoms with Crippen LogP contribution in [0.25, 0.3) is 0 Å². The number of likely N-dealkylation sites (tertiary alicyclic amines) is 1. The molecule has 1 heterocycles. The van der Waals surface area contributed by atoms with Crippen molar-refractivity contribution in [2.75, 3.05) is 19.7 Å². The minimum atomic E-state index is -1.00. The number of ether oxygens (including phenoxy) is 1. The largest absolute Gasteiger partial charge is 0.480 e. The number of halogens is 1. The number of aliphatic carboxylic acids is 1. The van der Waals surface area contributed by atoms with E-state index in [0.29, 0.717) is 18.7 Å². The van der Waals surface area contributed by atoms with E-state index in [4.69, 9.17) is 9.84 Å². The Hall–Kier alpha value is -1.40. The molecular formula is C13H14BrNO4. The maximum atomic E-state index is 12.1. The van der Waals surface area contributed by atoms with Crippen molar-refractivity contribution in [2.24, 2.45) is 0 Å². The lowest BCUT2D eigenvalue weighted by Gasteiger charge is -2.47. The van der Waals surface area contributed by atoms with E-state index in [1.165, 1.54) is 0 Å². The molecule has 6 heteroatoms. The van der Waals surface area contributed by atoms with Crippen LogP contribution in [0.2, 0.25) is 0 Å². The lowest BCUT2D eigenvalue weighted by Crippen LogP contribution is -2.63. The van der Waals surface area contributed by atoms with Gasteiger partial charge in [-0.3, -0.25) is 4.79 Å². The fourth-order valence-electron chi connectivity index (χ4n) is 2.04. The lowest BCUT2D eigenvalue weighted by molar-refractivity contribution is -0.159. The van der Waals surface area contributed by atoms with Gasteiger partial charge in [-0.25, -0.2) is 4.79 Å². The van der Waals surface area contributed by atoms with E-state index >= 15 is 0 Å². The third-order valence-electron chi connectivity index (χ3n) is 2.95. The summed E-state index contributed by atoms with van der Waals surface area (Å²) in [7, 11) is 0. The van der Waals surface area contributed by atoms with Gasteiger partial charge >= 0.3 is 5.97 Å². The molecule has 102 valence electrons. The first-order valence-electron chi connectivity index (χ1n) is 5.80. The summed E-state index contributed by atoms with van der Waals surface area (Å²) in [5.74, 6) is -1.07. The summed E-state index contributed by atoms with van der Waals surface area (Å²) in [6.07, 6.45) is 0. The summed E-state index contributed by atoms with van der Waals surface area (Å²) in [6, 6.07) is 7.17. The molecule has 0 aromatic heterocycles. The SMILES string of the molecule is CC1(OCC(=O)O)CN(C(=O)c2cccc(Br)c2)C1. The first-order valence-corrected chi connectivity index (χ1v) is 6.59. The molecule has 0 aliphatic carbocycles. The number of hydrogen-bond acceptors (Lipinski definition) is 3. The molecule has 1 fully saturated rings. The molecule has 0 atom stereocenters. The van der Waals surface area contributed by atoms with Crippen LogP contribution in [0.3, 0.4) is 0 Å². The number of amides is 1. The number of nitrogens with zero attached hydrogens (tertiary/aromatic N) is 1. The summed E-state index contributed by atoms with van der Waals surface area (Å²) in [5.41, 5.74) is 0.0507. The number of carbonyl (C=O) groups is 2. The first-order chi connectivity index (χ1) is 8.89. The van der Waals surface area contributed by atoms with Gasteiger partial charge in [0.05, 0.1) is 13.1 Å². The van der Waals surface area contributed by atoms with Crippen LogP contribution in [0.1, 0.15) is 17.3 Å². The predicted molar refractivity (Wildman–Crippen MR) is 72.0 cm³/mol. The zero-order valence-electron chi connectivity index (χ0n) is 10.4. The quantitative estimate of drug-likeness (QED) is 0.915. The van der Waals surface area contributed by atoms with Crippen LogP contribution in [0, 0.1) is 0 Å². The fourth-order valence-corrected chi connectivity index (χ4v) is 2.44. The molecule has 0 bridgehead atoms. The second-order valence-corrected chi connectivity index (χ2v) is 5.72. The summed E-state index contributed by atoms with van der Waals surface area (Å²) < 4.78 is 6.11. The Bertz CT molecular complexity index is 511. The molecule has 1 N–H and O–H groups in total. The molecule has 1 aromatic rings. The Labute approximate surface area is 119 Å². The van der Waals surface area contributed by atoms with Crippen molar-refractivity contribution in [1.29, 1.82) is 0 Å². The number of rotatable bonds is 4. The van der Waals surface area contributed by atoms with Crippen LogP contribution in [0.15, 0.2) is 28.7 Å². The zero-order valence-corrected chi connectivity index (χ0v) is 12.0. The molecule has 0 spiro atoms. The van der Waals surface area contributed by atoms with E-state index < -0.39 is 11.6 Å². The van der Waals surface area contributed by atoms with Crippen LogP contribution in [0.4, 0.5) is 0 Å². The minimum absolute atomic E-state index is 0.0716. The highest BCUT2D eigenvalue weighted by Gasteiger charge is 2.42. The van der Waals surface area contributed by atoms with Crippen LogP contribution in [-0.2, 0) is 9.53 Å².